The molecule has 8 heteroatoms. The van der Waals surface area contributed by atoms with Crippen molar-refractivity contribution in [2.45, 2.75) is 18.4 Å². The van der Waals surface area contributed by atoms with Gasteiger partial charge in [-0.15, -0.1) is 11.3 Å². The van der Waals surface area contributed by atoms with Crippen molar-refractivity contribution < 1.29 is 9.21 Å². The Balaban J connectivity index is 1.63. The number of amides is 1. The van der Waals surface area contributed by atoms with Gasteiger partial charge in [0.15, 0.2) is 5.96 Å². The lowest BCUT2D eigenvalue weighted by molar-refractivity contribution is -0.131. The van der Waals surface area contributed by atoms with Crippen LogP contribution in [0.2, 0.25) is 5.02 Å². The summed E-state index contributed by atoms with van der Waals surface area (Å²) in [4.78, 5) is 20.1. The minimum Gasteiger partial charge on any atom is -0.464 e. The van der Waals surface area contributed by atoms with E-state index >= 15 is 0 Å². The van der Waals surface area contributed by atoms with Gasteiger partial charge in [0.25, 0.3) is 0 Å². The molecule has 156 valence electrons. The summed E-state index contributed by atoms with van der Waals surface area (Å²) >= 11 is 7.67. The van der Waals surface area contributed by atoms with Crippen LogP contribution in [0.1, 0.15) is 23.3 Å². The number of nitrogens with one attached hydrogen (secondary N) is 2. The smallest absolute Gasteiger partial charge is 0.239 e. The number of halogens is 1. The zero-order chi connectivity index (χ0) is 21.8. The number of hydrogen-bond acceptors (Lipinski definition) is 5. The van der Waals surface area contributed by atoms with E-state index in [1.54, 1.807) is 25.6 Å². The molecule has 1 unspecified atom stereocenters. The number of rotatable bonds is 3. The Labute approximate surface area is 188 Å². The summed E-state index contributed by atoms with van der Waals surface area (Å²) in [6.07, 6.45) is 3.31. The Bertz CT molecular complexity index is 1330. The summed E-state index contributed by atoms with van der Waals surface area (Å²) in [6, 6.07) is 13.2. The maximum atomic E-state index is 13.4. The molecule has 1 amide bonds. The van der Waals surface area contributed by atoms with E-state index in [1.807, 2.05) is 48.7 Å². The second-order valence-electron chi connectivity index (χ2n) is 7.78. The van der Waals surface area contributed by atoms with Crippen molar-refractivity contribution in [1.29, 1.82) is 5.41 Å². The first-order valence-electron chi connectivity index (χ1n) is 9.69. The third-order valence-corrected chi connectivity index (χ3v) is 7.21. The van der Waals surface area contributed by atoms with Crippen molar-refractivity contribution in [1.82, 2.24) is 15.2 Å². The standard InChI is InChI=1S/C23H19ClN4O2S/c1-23(19-10-15(12-31-19)17-11-16(24)5-7-26-17)20(21(29)28(2)22(25)27-23)14-3-4-18-13(9-14)6-8-30-18/h3-12,20H,1-2H3,(H2,25,27)/t20?,23-/m1/s1. The van der Waals surface area contributed by atoms with Crippen molar-refractivity contribution in [3.8, 4) is 11.3 Å². The number of hydrogen-bond donors (Lipinski definition) is 2. The zero-order valence-corrected chi connectivity index (χ0v) is 18.4. The number of carbonyl (C=O) groups is 1. The van der Waals surface area contributed by atoms with Crippen molar-refractivity contribution >= 4 is 45.8 Å². The molecule has 4 aromatic rings. The number of thiophene rings is 1. The third kappa shape index (κ3) is 3.21. The first-order valence-corrected chi connectivity index (χ1v) is 10.9. The fourth-order valence-corrected chi connectivity index (χ4v) is 5.31. The summed E-state index contributed by atoms with van der Waals surface area (Å²) in [5.74, 6) is -0.585. The van der Waals surface area contributed by atoms with E-state index < -0.39 is 11.5 Å². The highest BCUT2D eigenvalue weighted by atomic mass is 35.5. The summed E-state index contributed by atoms with van der Waals surface area (Å²) in [7, 11) is 1.62. The summed E-state index contributed by atoms with van der Waals surface area (Å²) < 4.78 is 5.46. The highest BCUT2D eigenvalue weighted by Gasteiger charge is 2.49. The first kappa shape index (κ1) is 19.8. The number of furan rings is 1. The van der Waals surface area contributed by atoms with Crippen molar-refractivity contribution in [3.05, 3.63) is 75.8 Å². The molecule has 1 fully saturated rings. The van der Waals surface area contributed by atoms with Gasteiger partial charge in [0, 0.05) is 39.5 Å². The number of nitrogens with zero attached hydrogens (tertiary/aromatic N) is 2. The SMILES string of the molecule is CN1C(=N)N[C@](C)(c2cc(-c3cc(Cl)ccn3)cs2)C(c2ccc3occc3c2)C1=O. The van der Waals surface area contributed by atoms with Crippen LogP contribution in [0.5, 0.6) is 0 Å². The molecular formula is C23H19ClN4O2S. The largest absolute Gasteiger partial charge is 0.464 e. The number of carbonyl (C=O) groups excluding carboxylic acids is 1. The lowest BCUT2D eigenvalue weighted by Gasteiger charge is -2.45. The van der Waals surface area contributed by atoms with Gasteiger partial charge in [0.2, 0.25) is 5.91 Å². The number of fused-ring (bicyclic) bond motifs is 1. The molecule has 5 rings (SSSR count). The quantitative estimate of drug-likeness (QED) is 0.449. The molecular weight excluding hydrogens is 432 g/mol. The van der Waals surface area contributed by atoms with E-state index in [9.17, 15) is 4.79 Å². The minimum absolute atomic E-state index is 0.0731. The molecule has 1 aromatic carbocycles. The molecule has 0 saturated carbocycles. The van der Waals surface area contributed by atoms with E-state index in [0.29, 0.717) is 5.02 Å². The van der Waals surface area contributed by atoms with Crippen LogP contribution >= 0.6 is 22.9 Å². The molecule has 4 heterocycles. The summed E-state index contributed by atoms with van der Waals surface area (Å²) in [5, 5.41) is 15.2. The zero-order valence-electron chi connectivity index (χ0n) is 16.8. The predicted octanol–water partition coefficient (Wildman–Crippen LogP) is 5.21. The number of likely N-dealkylation sites (N-methyl/N-ethyl adjacent to an activating group) is 1. The fraction of sp³-hybridized carbons (Fsp3) is 0.174. The van der Waals surface area contributed by atoms with Crippen LogP contribution in [0.4, 0.5) is 0 Å². The highest BCUT2D eigenvalue weighted by Crippen LogP contribution is 2.44. The molecule has 0 bridgehead atoms. The second kappa shape index (κ2) is 7.21. The molecule has 2 N–H and O–H groups in total. The van der Waals surface area contributed by atoms with Gasteiger partial charge in [0.1, 0.15) is 5.58 Å². The topological polar surface area (TPSA) is 82.2 Å². The molecule has 3 aromatic heterocycles. The maximum Gasteiger partial charge on any atom is 0.239 e. The van der Waals surface area contributed by atoms with Crippen molar-refractivity contribution in [3.63, 3.8) is 0 Å². The molecule has 1 saturated heterocycles. The van der Waals surface area contributed by atoms with Gasteiger partial charge < -0.3 is 9.73 Å². The first-order chi connectivity index (χ1) is 14.9. The lowest BCUT2D eigenvalue weighted by Crippen LogP contribution is -2.62. The molecule has 1 aliphatic heterocycles. The van der Waals surface area contributed by atoms with Crippen LogP contribution in [0.3, 0.4) is 0 Å². The lowest BCUT2D eigenvalue weighted by atomic mass is 9.76. The van der Waals surface area contributed by atoms with Crippen LogP contribution < -0.4 is 5.32 Å². The molecule has 31 heavy (non-hydrogen) atoms. The normalized spacial score (nSPS) is 21.5. The van der Waals surface area contributed by atoms with Gasteiger partial charge in [-0.2, -0.15) is 0 Å². The van der Waals surface area contributed by atoms with Crippen molar-refractivity contribution in [2.75, 3.05) is 7.05 Å². The van der Waals surface area contributed by atoms with Crippen molar-refractivity contribution in [2.24, 2.45) is 0 Å². The monoisotopic (exact) mass is 450 g/mol. The van der Waals surface area contributed by atoms with E-state index in [1.165, 1.54) is 16.2 Å². The summed E-state index contributed by atoms with van der Waals surface area (Å²) in [6.45, 7) is 1.97. The molecule has 0 radical (unpaired) electrons. The Morgan fingerprint density at radius 1 is 1.26 bits per heavy atom. The molecule has 0 spiro atoms. The van der Waals surface area contributed by atoms with Gasteiger partial charge in [-0.05, 0) is 48.9 Å². The van der Waals surface area contributed by atoms with Crippen LogP contribution in [-0.4, -0.2) is 28.8 Å². The van der Waals surface area contributed by atoms with E-state index in [2.05, 4.69) is 10.3 Å². The second-order valence-corrected chi connectivity index (χ2v) is 9.13. The van der Waals surface area contributed by atoms with Gasteiger partial charge in [-0.25, -0.2) is 0 Å². The number of guanidine groups is 1. The minimum atomic E-state index is -0.806. The van der Waals surface area contributed by atoms with Gasteiger partial charge >= 0.3 is 0 Å². The Morgan fingerprint density at radius 2 is 2.10 bits per heavy atom. The molecule has 6 nitrogen and oxygen atoms in total. The van der Waals surface area contributed by atoms with E-state index in [-0.39, 0.29) is 11.9 Å². The Hall–Kier alpha value is -3.16. The van der Waals surface area contributed by atoms with E-state index in [4.69, 9.17) is 21.4 Å². The average molecular weight is 451 g/mol. The molecule has 0 aliphatic carbocycles. The average Bonchev–Trinajstić information content (AvgIpc) is 3.42. The van der Waals surface area contributed by atoms with Crippen LogP contribution in [-0.2, 0) is 10.3 Å². The Morgan fingerprint density at radius 3 is 2.90 bits per heavy atom. The van der Waals surface area contributed by atoms with Gasteiger partial charge in [-0.1, -0.05) is 17.7 Å². The molecule has 2 atom stereocenters. The van der Waals surface area contributed by atoms with Gasteiger partial charge in [-0.3, -0.25) is 20.1 Å². The van der Waals surface area contributed by atoms with Crippen LogP contribution in [0.25, 0.3) is 22.2 Å². The fourth-order valence-electron chi connectivity index (χ4n) is 4.10. The predicted molar refractivity (Wildman–Crippen MR) is 122 cm³/mol. The van der Waals surface area contributed by atoms with E-state index in [0.717, 1.165) is 32.7 Å². The molecule has 1 aliphatic rings. The summed E-state index contributed by atoms with van der Waals surface area (Å²) in [5.41, 5.74) is 2.52. The highest BCUT2D eigenvalue weighted by molar-refractivity contribution is 7.10. The van der Waals surface area contributed by atoms with Crippen LogP contribution in [0, 0.1) is 5.41 Å². The number of aromatic nitrogens is 1. The van der Waals surface area contributed by atoms with Crippen LogP contribution in [0.15, 0.2) is 64.7 Å². The number of benzene rings is 1. The Kier molecular flexibility index (Phi) is 4.60. The maximum absolute atomic E-state index is 13.4. The third-order valence-electron chi connectivity index (χ3n) is 5.81. The van der Waals surface area contributed by atoms with Gasteiger partial charge in [0.05, 0.1) is 23.4 Å². The number of pyridine rings is 1.